The van der Waals surface area contributed by atoms with Gasteiger partial charge in [-0.2, -0.15) is 0 Å². The number of unbranched alkanes of at least 4 members (excludes halogenated alkanes) is 27. The molecule has 0 aromatic rings. The summed E-state index contributed by atoms with van der Waals surface area (Å²) in [5.74, 6) is -0.181. The summed E-state index contributed by atoms with van der Waals surface area (Å²) in [6, 6.07) is 0. The molecule has 0 aliphatic rings. The Morgan fingerprint density at radius 2 is 0.762 bits per heavy atom. The lowest BCUT2D eigenvalue weighted by Crippen LogP contribution is -2.30. The van der Waals surface area contributed by atoms with E-state index in [1.807, 2.05) is 0 Å². The molecule has 0 saturated carbocycles. The average Bonchev–Trinajstić information content (AvgIpc) is 2.98. The molecule has 0 bridgehead atoms. The number of primary amides is 1. The zero-order valence-corrected chi connectivity index (χ0v) is 28.8. The fourth-order valence-electron chi connectivity index (χ4n) is 6.15. The van der Waals surface area contributed by atoms with Crippen LogP contribution in [0.4, 0.5) is 0 Å². The zero-order valence-electron chi connectivity index (χ0n) is 28.8. The molecule has 1 atom stereocenters. The van der Waals surface area contributed by atoms with Crippen LogP contribution < -0.4 is 11.1 Å². The maximum Gasteiger partial charge on any atom is 0.220 e. The Balaban J connectivity index is 3.49. The van der Waals surface area contributed by atoms with Crippen LogP contribution in [0.15, 0.2) is 0 Å². The molecular formula is C38H76N2O2. The van der Waals surface area contributed by atoms with Crippen molar-refractivity contribution in [1.29, 1.82) is 0 Å². The van der Waals surface area contributed by atoms with Gasteiger partial charge in [-0.15, -0.1) is 0 Å². The number of hydrogen-bond acceptors (Lipinski definition) is 2. The highest BCUT2D eigenvalue weighted by molar-refractivity contribution is 5.77. The fraction of sp³-hybridized carbons (Fsp3) is 0.947. The van der Waals surface area contributed by atoms with Gasteiger partial charge < -0.3 is 11.1 Å². The first kappa shape index (κ1) is 40.9. The third-order valence-electron chi connectivity index (χ3n) is 9.13. The molecule has 1 unspecified atom stereocenters. The van der Waals surface area contributed by atoms with Gasteiger partial charge in [-0.3, -0.25) is 9.59 Å². The predicted molar refractivity (Wildman–Crippen MR) is 185 cm³/mol. The standard InChI is InChI=1S/C38H76N2O2/c1-3-5-7-9-11-13-15-17-19-21-23-25-27-29-31-33-37(41)40-35-34-36(38(39)42)32-30-28-26-24-22-20-18-16-14-12-10-8-6-4-2/h36H,3-35H2,1-2H3,(H2,39,42)(H,40,41). The minimum absolute atomic E-state index is 0.103. The summed E-state index contributed by atoms with van der Waals surface area (Å²) in [7, 11) is 0. The summed E-state index contributed by atoms with van der Waals surface area (Å²) in [5.41, 5.74) is 5.65. The number of nitrogens with one attached hydrogen (secondary N) is 1. The third-order valence-corrected chi connectivity index (χ3v) is 9.13. The van der Waals surface area contributed by atoms with Gasteiger partial charge >= 0.3 is 0 Å². The monoisotopic (exact) mass is 593 g/mol. The molecule has 4 nitrogen and oxygen atoms in total. The van der Waals surface area contributed by atoms with Gasteiger partial charge in [0.15, 0.2) is 0 Å². The van der Waals surface area contributed by atoms with Gasteiger partial charge in [-0.25, -0.2) is 0 Å². The molecule has 2 amide bonds. The second kappa shape index (κ2) is 34.4. The van der Waals surface area contributed by atoms with Crippen LogP contribution in [-0.4, -0.2) is 18.4 Å². The van der Waals surface area contributed by atoms with E-state index in [2.05, 4.69) is 19.2 Å². The highest BCUT2D eigenvalue weighted by Crippen LogP contribution is 2.17. The molecule has 0 rings (SSSR count). The minimum atomic E-state index is -0.207. The first-order valence-corrected chi connectivity index (χ1v) is 19.2. The zero-order chi connectivity index (χ0) is 30.8. The Labute approximate surface area is 263 Å². The predicted octanol–water partition coefficient (Wildman–Crippen LogP) is 11.7. The van der Waals surface area contributed by atoms with Crippen LogP contribution >= 0.6 is 0 Å². The lowest BCUT2D eigenvalue weighted by Gasteiger charge is -2.14. The molecule has 0 fully saturated rings. The van der Waals surface area contributed by atoms with Crippen LogP contribution in [0.5, 0.6) is 0 Å². The first-order chi connectivity index (χ1) is 20.6. The number of nitrogens with two attached hydrogens (primary N) is 1. The van der Waals surface area contributed by atoms with Crippen molar-refractivity contribution < 1.29 is 9.59 Å². The van der Waals surface area contributed by atoms with Gasteiger partial charge in [-0.1, -0.05) is 194 Å². The summed E-state index contributed by atoms with van der Waals surface area (Å²) in [6.07, 6.45) is 41.0. The molecule has 0 radical (unpaired) electrons. The van der Waals surface area contributed by atoms with Crippen molar-refractivity contribution in [2.75, 3.05) is 6.54 Å². The van der Waals surface area contributed by atoms with Gasteiger partial charge in [0.05, 0.1) is 0 Å². The van der Waals surface area contributed by atoms with Crippen LogP contribution in [0.25, 0.3) is 0 Å². The number of carbonyl (C=O) groups is 2. The molecule has 250 valence electrons. The van der Waals surface area contributed by atoms with E-state index in [1.165, 1.54) is 167 Å². The largest absolute Gasteiger partial charge is 0.369 e. The smallest absolute Gasteiger partial charge is 0.220 e. The normalized spacial score (nSPS) is 12.0. The topological polar surface area (TPSA) is 72.2 Å². The number of rotatable bonds is 35. The van der Waals surface area contributed by atoms with Gasteiger partial charge in [0.1, 0.15) is 0 Å². The Kier molecular flexibility index (Phi) is 33.6. The van der Waals surface area contributed by atoms with Crippen molar-refractivity contribution in [3.63, 3.8) is 0 Å². The molecule has 0 aliphatic heterocycles. The van der Waals surface area contributed by atoms with E-state index < -0.39 is 0 Å². The van der Waals surface area contributed by atoms with Crippen molar-refractivity contribution in [2.24, 2.45) is 11.7 Å². The summed E-state index contributed by atoms with van der Waals surface area (Å²) in [6.45, 7) is 5.13. The molecule has 42 heavy (non-hydrogen) atoms. The van der Waals surface area contributed by atoms with Crippen LogP contribution in [0.1, 0.15) is 219 Å². The van der Waals surface area contributed by atoms with Crippen LogP contribution in [0.2, 0.25) is 0 Å². The molecule has 4 heteroatoms. The van der Waals surface area contributed by atoms with Crippen LogP contribution in [-0.2, 0) is 9.59 Å². The van der Waals surface area contributed by atoms with Gasteiger partial charge in [-0.05, 0) is 19.3 Å². The highest BCUT2D eigenvalue weighted by Gasteiger charge is 2.15. The summed E-state index contributed by atoms with van der Waals surface area (Å²) >= 11 is 0. The fourth-order valence-corrected chi connectivity index (χ4v) is 6.15. The first-order valence-electron chi connectivity index (χ1n) is 19.2. The van der Waals surface area contributed by atoms with E-state index in [4.69, 9.17) is 5.73 Å². The molecule has 3 N–H and O–H groups in total. The van der Waals surface area contributed by atoms with Gasteiger partial charge in [0.2, 0.25) is 11.8 Å². The van der Waals surface area contributed by atoms with Crippen molar-refractivity contribution in [3.05, 3.63) is 0 Å². The second-order valence-corrected chi connectivity index (χ2v) is 13.3. The Morgan fingerprint density at radius 3 is 1.10 bits per heavy atom. The maximum absolute atomic E-state index is 12.2. The van der Waals surface area contributed by atoms with Crippen LogP contribution in [0.3, 0.4) is 0 Å². The lowest BCUT2D eigenvalue weighted by molar-refractivity contribution is -0.123. The average molecular weight is 593 g/mol. The summed E-state index contributed by atoms with van der Waals surface area (Å²) in [5, 5.41) is 3.02. The molecular weight excluding hydrogens is 516 g/mol. The lowest BCUT2D eigenvalue weighted by atomic mass is 9.96. The van der Waals surface area contributed by atoms with Gasteiger partial charge in [0.25, 0.3) is 0 Å². The van der Waals surface area contributed by atoms with E-state index in [1.54, 1.807) is 0 Å². The van der Waals surface area contributed by atoms with E-state index >= 15 is 0 Å². The molecule has 0 aromatic carbocycles. The van der Waals surface area contributed by atoms with Crippen LogP contribution in [0, 0.1) is 5.92 Å². The van der Waals surface area contributed by atoms with Crippen molar-refractivity contribution in [2.45, 2.75) is 219 Å². The molecule has 0 saturated heterocycles. The van der Waals surface area contributed by atoms with Gasteiger partial charge in [0, 0.05) is 18.9 Å². The number of hydrogen-bond donors (Lipinski definition) is 2. The van der Waals surface area contributed by atoms with Crippen molar-refractivity contribution >= 4 is 11.8 Å². The Hall–Kier alpha value is -1.06. The Morgan fingerprint density at radius 1 is 0.452 bits per heavy atom. The van der Waals surface area contributed by atoms with E-state index in [0.29, 0.717) is 19.4 Å². The highest BCUT2D eigenvalue weighted by atomic mass is 16.2. The van der Waals surface area contributed by atoms with E-state index in [-0.39, 0.29) is 17.7 Å². The number of amides is 2. The van der Waals surface area contributed by atoms with Crippen molar-refractivity contribution in [3.8, 4) is 0 Å². The molecule has 0 aromatic heterocycles. The minimum Gasteiger partial charge on any atom is -0.369 e. The summed E-state index contributed by atoms with van der Waals surface area (Å²) in [4.78, 5) is 24.1. The summed E-state index contributed by atoms with van der Waals surface area (Å²) < 4.78 is 0. The number of carbonyl (C=O) groups excluding carboxylic acids is 2. The molecule has 0 heterocycles. The quantitative estimate of drug-likeness (QED) is 0.0718. The molecule has 0 spiro atoms. The maximum atomic E-state index is 12.2. The van der Waals surface area contributed by atoms with E-state index in [0.717, 1.165) is 25.7 Å². The van der Waals surface area contributed by atoms with Crippen molar-refractivity contribution in [1.82, 2.24) is 5.32 Å². The molecule has 0 aliphatic carbocycles. The SMILES string of the molecule is CCCCCCCCCCCCCCCCCC(=O)NCCC(CCCCCCCCCCCCCCCC)C(N)=O. The third kappa shape index (κ3) is 31.9. The van der Waals surface area contributed by atoms with E-state index in [9.17, 15) is 9.59 Å². The second-order valence-electron chi connectivity index (χ2n) is 13.3. The Bertz CT molecular complexity index is 565.